The summed E-state index contributed by atoms with van der Waals surface area (Å²) in [5.41, 5.74) is 7.18. The van der Waals surface area contributed by atoms with Crippen molar-refractivity contribution in [1.29, 1.82) is 0 Å². The van der Waals surface area contributed by atoms with E-state index in [0.717, 1.165) is 37.1 Å². The number of quaternary nitrogens is 1. The first-order chi connectivity index (χ1) is 17.4. The molecule has 7 heteroatoms. The van der Waals surface area contributed by atoms with Crippen molar-refractivity contribution in [3.05, 3.63) is 71.8 Å². The lowest BCUT2D eigenvalue weighted by Gasteiger charge is -2.51. The molecule has 4 saturated heterocycles. The fourth-order valence-electron chi connectivity index (χ4n) is 6.38. The van der Waals surface area contributed by atoms with Crippen molar-refractivity contribution in [3.8, 4) is 0 Å². The number of ether oxygens (including phenoxy) is 1. The number of rotatable bonds is 8. The molecule has 4 fully saturated rings. The van der Waals surface area contributed by atoms with Crippen LogP contribution in [0.15, 0.2) is 60.7 Å². The summed E-state index contributed by atoms with van der Waals surface area (Å²) in [5.74, 6) is -0.134. The van der Waals surface area contributed by atoms with Gasteiger partial charge in [0.15, 0.2) is 6.10 Å². The maximum atomic E-state index is 13.7. The molecule has 1 unspecified atom stereocenters. The van der Waals surface area contributed by atoms with E-state index in [9.17, 15) is 14.4 Å². The molecule has 2 aromatic carbocycles. The molecule has 0 saturated carbocycles. The number of carbonyl (C=O) groups excluding carboxylic acids is 3. The molecule has 4 aliphatic heterocycles. The van der Waals surface area contributed by atoms with Gasteiger partial charge in [0.2, 0.25) is 11.7 Å². The van der Waals surface area contributed by atoms with Crippen molar-refractivity contribution in [2.24, 2.45) is 17.6 Å². The Kier molecular flexibility index (Phi) is 7.21. The van der Waals surface area contributed by atoms with Gasteiger partial charge in [-0.1, -0.05) is 60.7 Å². The van der Waals surface area contributed by atoms with E-state index < -0.39 is 6.04 Å². The summed E-state index contributed by atoms with van der Waals surface area (Å²) < 4.78 is 6.98. The van der Waals surface area contributed by atoms with Gasteiger partial charge in [-0.05, 0) is 18.4 Å². The van der Waals surface area contributed by atoms with Crippen molar-refractivity contribution < 1.29 is 23.6 Å². The van der Waals surface area contributed by atoms with E-state index in [0.29, 0.717) is 49.4 Å². The summed E-state index contributed by atoms with van der Waals surface area (Å²) in [6.45, 7) is 4.32. The molecular formula is C29H36N3O4+. The van der Waals surface area contributed by atoms with E-state index in [1.165, 1.54) is 0 Å². The van der Waals surface area contributed by atoms with E-state index in [2.05, 4.69) is 4.90 Å². The van der Waals surface area contributed by atoms with Crippen molar-refractivity contribution in [3.63, 3.8) is 0 Å². The first-order valence-corrected chi connectivity index (χ1v) is 13.2. The number of hydrogen-bond acceptors (Lipinski definition) is 5. The Morgan fingerprint density at radius 3 is 2.14 bits per heavy atom. The lowest BCUT2D eigenvalue weighted by atomic mass is 9.82. The average Bonchev–Trinajstić information content (AvgIpc) is 2.90. The molecule has 4 aliphatic rings. The molecule has 4 heterocycles. The number of carbonyl (C=O) groups is 3. The summed E-state index contributed by atoms with van der Waals surface area (Å²) in [4.78, 5) is 40.5. The predicted octanol–water partition coefficient (Wildman–Crippen LogP) is 2.96. The average molecular weight is 491 g/mol. The Bertz CT molecular complexity index is 1070. The molecule has 0 spiro atoms. The van der Waals surface area contributed by atoms with Crippen LogP contribution in [-0.2, 0) is 14.3 Å². The van der Waals surface area contributed by atoms with E-state index in [4.69, 9.17) is 10.5 Å². The highest BCUT2D eigenvalue weighted by atomic mass is 16.5. The lowest BCUT2D eigenvalue weighted by molar-refractivity contribution is -0.938. The van der Waals surface area contributed by atoms with Crippen LogP contribution in [0.1, 0.15) is 47.6 Å². The topological polar surface area (TPSA) is 89.7 Å². The van der Waals surface area contributed by atoms with Gasteiger partial charge in [0.05, 0.1) is 13.1 Å². The van der Waals surface area contributed by atoms with Gasteiger partial charge in [-0.25, -0.2) is 4.79 Å². The number of hydrogen-bond donors (Lipinski definition) is 1. The van der Waals surface area contributed by atoms with Gasteiger partial charge in [0.25, 0.3) is 0 Å². The number of fused-ring (bicyclic) bond motifs is 3. The predicted molar refractivity (Wildman–Crippen MR) is 136 cm³/mol. The summed E-state index contributed by atoms with van der Waals surface area (Å²) in [6.07, 6.45) is 3.07. The fourth-order valence-corrected chi connectivity index (χ4v) is 6.38. The molecule has 2 atom stereocenters. The van der Waals surface area contributed by atoms with Crippen LogP contribution in [0, 0.1) is 11.8 Å². The quantitative estimate of drug-likeness (QED) is 0.349. The molecule has 2 aromatic rings. The van der Waals surface area contributed by atoms with Crippen molar-refractivity contribution in [1.82, 2.24) is 4.90 Å². The lowest BCUT2D eigenvalue weighted by Crippen LogP contribution is -2.66. The zero-order chi connectivity index (χ0) is 25.1. The summed E-state index contributed by atoms with van der Waals surface area (Å²) in [7, 11) is 0. The third-order valence-corrected chi connectivity index (χ3v) is 8.52. The maximum Gasteiger partial charge on any atom is 0.328 e. The number of amides is 1. The fraction of sp³-hybridized carbons (Fsp3) is 0.483. The molecule has 0 aliphatic carbocycles. The highest BCUT2D eigenvalue weighted by Gasteiger charge is 2.49. The minimum atomic E-state index is -0.505. The highest BCUT2D eigenvalue weighted by Crippen LogP contribution is 2.37. The minimum absolute atomic E-state index is 0.137. The minimum Gasteiger partial charge on any atom is -0.455 e. The molecule has 0 aromatic heterocycles. The first kappa shape index (κ1) is 24.7. The zero-order valence-corrected chi connectivity index (χ0v) is 20.8. The Balaban J connectivity index is 1.29. The van der Waals surface area contributed by atoms with Gasteiger partial charge in [0, 0.05) is 43.3 Å². The normalized spacial score (nSPS) is 27.3. The van der Waals surface area contributed by atoms with E-state index >= 15 is 0 Å². The number of ketones is 1. The van der Waals surface area contributed by atoms with Gasteiger partial charge < -0.3 is 15.0 Å². The SMILES string of the molecule is NC(=O)C1CCN(C(C(=O)O[C@H]2C[N+]3(CC(=O)c4ccccc4)CCC2CC3)c2ccccc2)CC1. The molecule has 2 bridgehead atoms. The number of esters is 1. The van der Waals surface area contributed by atoms with Crippen molar-refractivity contribution >= 4 is 17.7 Å². The second-order valence-corrected chi connectivity index (χ2v) is 10.8. The molecule has 2 N–H and O–H groups in total. The maximum absolute atomic E-state index is 13.7. The molecular weight excluding hydrogens is 454 g/mol. The summed E-state index contributed by atoms with van der Waals surface area (Å²) >= 11 is 0. The Morgan fingerprint density at radius 1 is 0.917 bits per heavy atom. The highest BCUT2D eigenvalue weighted by molar-refractivity contribution is 5.97. The smallest absolute Gasteiger partial charge is 0.328 e. The Labute approximate surface area is 212 Å². The van der Waals surface area contributed by atoms with Crippen LogP contribution in [-0.4, -0.2) is 72.4 Å². The van der Waals surface area contributed by atoms with Crippen LogP contribution in [0.25, 0.3) is 0 Å². The van der Waals surface area contributed by atoms with Gasteiger partial charge >= 0.3 is 5.97 Å². The number of nitrogens with zero attached hydrogens (tertiary/aromatic N) is 2. The third-order valence-electron chi connectivity index (χ3n) is 8.52. The van der Waals surface area contributed by atoms with Gasteiger partial charge in [-0.3, -0.25) is 14.5 Å². The van der Waals surface area contributed by atoms with Crippen LogP contribution in [0.4, 0.5) is 0 Å². The number of nitrogens with two attached hydrogens (primary N) is 1. The zero-order valence-electron chi connectivity index (χ0n) is 20.8. The monoisotopic (exact) mass is 490 g/mol. The Morgan fingerprint density at radius 2 is 1.53 bits per heavy atom. The number of primary amides is 1. The van der Waals surface area contributed by atoms with Crippen LogP contribution >= 0.6 is 0 Å². The summed E-state index contributed by atoms with van der Waals surface area (Å²) in [5, 5.41) is 0. The molecule has 190 valence electrons. The van der Waals surface area contributed by atoms with Crippen LogP contribution < -0.4 is 5.73 Å². The second kappa shape index (κ2) is 10.5. The van der Waals surface area contributed by atoms with E-state index in [1.807, 2.05) is 60.7 Å². The van der Waals surface area contributed by atoms with Crippen LogP contribution in [0.2, 0.25) is 0 Å². The standard InChI is InChI=1S/C29H35N3O4/c30-28(34)24-11-15-31(16-12-24)27(23-9-5-2-6-10-23)29(35)36-26-20-32(17-13-22(26)14-18-32)19-25(33)21-7-3-1-4-8-21/h1-10,22,24,26-27H,11-20H2,(H-,30,34)/p+1/t22?,26-,27?,32?/m0/s1. The molecule has 1 amide bonds. The Hall–Kier alpha value is -3.03. The van der Waals surface area contributed by atoms with E-state index in [1.54, 1.807) is 0 Å². The van der Waals surface area contributed by atoms with Gasteiger partial charge in [0.1, 0.15) is 19.1 Å². The van der Waals surface area contributed by atoms with Crippen molar-refractivity contribution in [2.45, 2.75) is 37.8 Å². The van der Waals surface area contributed by atoms with Crippen LogP contribution in [0.3, 0.4) is 0 Å². The number of benzene rings is 2. The molecule has 0 radical (unpaired) electrons. The largest absolute Gasteiger partial charge is 0.455 e. The number of Topliss-reactive ketones (excluding diaryl/α,β-unsaturated/α-hetero) is 1. The van der Waals surface area contributed by atoms with Crippen molar-refractivity contribution in [2.75, 3.05) is 39.3 Å². The van der Waals surface area contributed by atoms with E-state index in [-0.39, 0.29) is 29.7 Å². The van der Waals surface area contributed by atoms with Gasteiger partial charge in [-0.2, -0.15) is 0 Å². The second-order valence-electron chi connectivity index (χ2n) is 10.8. The van der Waals surface area contributed by atoms with Gasteiger partial charge in [-0.15, -0.1) is 0 Å². The molecule has 36 heavy (non-hydrogen) atoms. The number of likely N-dealkylation sites (tertiary alicyclic amines) is 1. The molecule has 6 rings (SSSR count). The first-order valence-electron chi connectivity index (χ1n) is 13.2. The molecule has 7 nitrogen and oxygen atoms in total. The number of piperidine rings is 4. The van der Waals surface area contributed by atoms with Crippen LogP contribution in [0.5, 0.6) is 0 Å². The summed E-state index contributed by atoms with van der Waals surface area (Å²) in [6, 6.07) is 18.7. The third kappa shape index (κ3) is 5.22.